The van der Waals surface area contributed by atoms with E-state index in [1.807, 2.05) is 19.1 Å². The number of hydrogen-bond donors (Lipinski definition) is 1. The first kappa shape index (κ1) is 21.7. The van der Waals surface area contributed by atoms with E-state index in [0.29, 0.717) is 5.69 Å². The maximum atomic E-state index is 11.0. The van der Waals surface area contributed by atoms with Gasteiger partial charge in [-0.2, -0.15) is 0 Å². The Morgan fingerprint density at radius 1 is 0.800 bits per heavy atom. The molecule has 6 heteroatoms. The van der Waals surface area contributed by atoms with Gasteiger partial charge in [-0.25, -0.2) is 0 Å². The molecule has 174 valence electrons. The Morgan fingerprint density at radius 3 is 2.20 bits per heavy atom. The predicted molar refractivity (Wildman–Crippen MR) is 143 cm³/mol. The number of aryl methyl sites for hydroxylation is 2. The Kier molecular flexibility index (Phi) is 5.46. The molecule has 1 aromatic heterocycles. The lowest BCUT2D eigenvalue weighted by atomic mass is 10.0. The molecule has 1 N–H and O–H groups in total. The van der Waals surface area contributed by atoms with E-state index < -0.39 is 0 Å². The van der Waals surface area contributed by atoms with Crippen LogP contribution in [0, 0.1) is 6.92 Å². The summed E-state index contributed by atoms with van der Waals surface area (Å²) in [7, 11) is 0. The molecule has 0 aliphatic carbocycles. The van der Waals surface area contributed by atoms with Crippen LogP contribution >= 0.6 is 11.8 Å². The zero-order valence-corrected chi connectivity index (χ0v) is 20.6. The molecule has 0 saturated carbocycles. The molecule has 0 amide bonds. The third-order valence-electron chi connectivity index (χ3n) is 6.38. The van der Waals surface area contributed by atoms with Gasteiger partial charge in [0.15, 0.2) is 0 Å². The summed E-state index contributed by atoms with van der Waals surface area (Å²) in [6.45, 7) is 4.20. The lowest BCUT2D eigenvalue weighted by molar-refractivity contribution is 0.459. The van der Waals surface area contributed by atoms with E-state index in [9.17, 15) is 5.11 Å². The van der Waals surface area contributed by atoms with Crippen molar-refractivity contribution in [3.63, 3.8) is 0 Å². The summed E-state index contributed by atoms with van der Waals surface area (Å²) < 4.78 is 0. The van der Waals surface area contributed by atoms with Gasteiger partial charge in [0.25, 0.3) is 0 Å². The third-order valence-corrected chi connectivity index (χ3v) is 7.51. The second kappa shape index (κ2) is 8.78. The smallest absolute Gasteiger partial charge is 0.146 e. The number of fused-ring (bicyclic) bond motifs is 3. The number of hydrogen-bond acceptors (Lipinski definition) is 5. The molecule has 1 aliphatic heterocycles. The van der Waals surface area contributed by atoms with Crippen molar-refractivity contribution in [2.24, 2.45) is 0 Å². The summed E-state index contributed by atoms with van der Waals surface area (Å²) in [4.78, 5) is 6.30. The molecular weight excluding hydrogens is 452 g/mol. The summed E-state index contributed by atoms with van der Waals surface area (Å²) >= 11 is 1.79. The number of aromatic hydroxyl groups is 1. The Bertz CT molecular complexity index is 1510. The molecule has 5 aromatic rings. The fourth-order valence-electron chi connectivity index (χ4n) is 4.68. The van der Waals surface area contributed by atoms with E-state index in [0.717, 1.165) is 58.5 Å². The van der Waals surface area contributed by atoms with E-state index in [4.69, 9.17) is 10.2 Å². The number of rotatable bonds is 5. The highest BCUT2D eigenvalue weighted by Crippen LogP contribution is 2.51. The monoisotopic (exact) mass is 478 g/mol. The number of nitrogens with zero attached hydrogens (tertiary/aromatic N) is 4. The van der Waals surface area contributed by atoms with Crippen LogP contribution in [-0.2, 0) is 6.42 Å². The van der Waals surface area contributed by atoms with Crippen LogP contribution in [0.25, 0.3) is 16.7 Å². The van der Waals surface area contributed by atoms with Gasteiger partial charge in [0.1, 0.15) is 22.5 Å². The average Bonchev–Trinajstić information content (AvgIpc) is 3.30. The molecular formula is C29H26N4OS. The van der Waals surface area contributed by atoms with Gasteiger partial charge in [0, 0.05) is 15.5 Å². The van der Waals surface area contributed by atoms with E-state index >= 15 is 0 Å². The number of unbranched alkanes of at least 4 members (excludes halogenated alkanes) is 1. The van der Waals surface area contributed by atoms with Crippen LogP contribution in [0.15, 0.2) is 88.7 Å². The quantitative estimate of drug-likeness (QED) is 0.275. The van der Waals surface area contributed by atoms with Crippen molar-refractivity contribution in [3.8, 4) is 11.4 Å². The molecule has 0 fully saturated rings. The Labute approximate surface area is 209 Å². The minimum Gasteiger partial charge on any atom is -0.505 e. The zero-order valence-electron chi connectivity index (χ0n) is 19.8. The molecule has 4 aromatic carbocycles. The van der Waals surface area contributed by atoms with Crippen molar-refractivity contribution in [2.75, 3.05) is 4.90 Å². The van der Waals surface area contributed by atoms with Crippen LogP contribution in [0.1, 0.15) is 30.9 Å². The van der Waals surface area contributed by atoms with Gasteiger partial charge >= 0.3 is 0 Å². The zero-order chi connectivity index (χ0) is 23.9. The molecule has 5 nitrogen and oxygen atoms in total. The molecule has 0 atom stereocenters. The fraction of sp³-hybridized carbons (Fsp3) is 0.172. The van der Waals surface area contributed by atoms with Crippen molar-refractivity contribution in [1.82, 2.24) is 15.0 Å². The number of anilines is 3. The first-order valence-electron chi connectivity index (χ1n) is 12.0. The van der Waals surface area contributed by atoms with Crippen LogP contribution in [-0.4, -0.2) is 20.1 Å². The first-order valence-corrected chi connectivity index (χ1v) is 12.8. The maximum Gasteiger partial charge on any atom is 0.146 e. The number of benzene rings is 4. The van der Waals surface area contributed by atoms with Crippen LogP contribution in [0.4, 0.5) is 17.1 Å². The van der Waals surface area contributed by atoms with E-state index in [1.54, 1.807) is 16.6 Å². The Hall–Kier alpha value is -3.77. The van der Waals surface area contributed by atoms with Crippen molar-refractivity contribution in [1.29, 1.82) is 0 Å². The summed E-state index contributed by atoms with van der Waals surface area (Å²) in [6, 6.07) is 27.1. The van der Waals surface area contributed by atoms with Gasteiger partial charge < -0.3 is 10.0 Å². The standard InChI is InChI=1S/C29H26N4OS/c1-3-4-9-20-16-19(2)17-26(29(20)34)33-30-22-15-14-21(18-23(22)31-33)32-24-10-5-7-12-27(24)35-28-13-8-6-11-25(28)32/h5-8,10-18,34H,3-4,9H2,1-2H3. The van der Waals surface area contributed by atoms with Gasteiger partial charge in [-0.1, -0.05) is 55.4 Å². The molecule has 0 bridgehead atoms. The van der Waals surface area contributed by atoms with E-state index in [2.05, 4.69) is 78.6 Å². The first-order chi connectivity index (χ1) is 17.1. The lowest BCUT2D eigenvalue weighted by Gasteiger charge is -2.32. The molecule has 2 heterocycles. The normalized spacial score (nSPS) is 12.6. The molecule has 1 aliphatic rings. The summed E-state index contributed by atoms with van der Waals surface area (Å²) in [5, 5.41) is 20.5. The van der Waals surface area contributed by atoms with Gasteiger partial charge in [-0.05, 0) is 79.4 Å². The Balaban J connectivity index is 1.45. The summed E-state index contributed by atoms with van der Waals surface area (Å²) in [5.41, 5.74) is 7.57. The highest BCUT2D eigenvalue weighted by Gasteiger charge is 2.25. The molecule has 0 unspecified atom stereocenters. The molecule has 6 rings (SSSR count). The largest absolute Gasteiger partial charge is 0.505 e. The van der Waals surface area contributed by atoms with Crippen LogP contribution in [0.2, 0.25) is 0 Å². The van der Waals surface area contributed by atoms with Crippen molar-refractivity contribution in [3.05, 3.63) is 90.0 Å². The minimum absolute atomic E-state index is 0.264. The summed E-state index contributed by atoms with van der Waals surface area (Å²) in [5.74, 6) is 0.264. The second-order valence-corrected chi connectivity index (χ2v) is 10.0. The van der Waals surface area contributed by atoms with Crippen molar-refractivity contribution in [2.45, 2.75) is 42.9 Å². The highest BCUT2D eigenvalue weighted by atomic mass is 32.2. The third kappa shape index (κ3) is 3.84. The number of para-hydroxylation sites is 2. The van der Waals surface area contributed by atoms with E-state index in [-0.39, 0.29) is 5.75 Å². The highest BCUT2D eigenvalue weighted by molar-refractivity contribution is 7.99. The Morgan fingerprint density at radius 2 is 1.49 bits per heavy atom. The topological polar surface area (TPSA) is 54.2 Å². The van der Waals surface area contributed by atoms with Crippen LogP contribution in [0.5, 0.6) is 5.75 Å². The average molecular weight is 479 g/mol. The van der Waals surface area contributed by atoms with Crippen molar-refractivity contribution >= 4 is 39.9 Å². The molecule has 35 heavy (non-hydrogen) atoms. The van der Waals surface area contributed by atoms with Crippen molar-refractivity contribution < 1.29 is 5.11 Å². The SMILES string of the molecule is CCCCc1cc(C)cc(-n2nc3ccc(N4c5ccccc5Sc5ccccc54)cc3n2)c1O. The van der Waals surface area contributed by atoms with Gasteiger partial charge in [-0.3, -0.25) is 0 Å². The number of phenolic OH excluding ortho intramolecular Hbond substituents is 1. The maximum absolute atomic E-state index is 11.0. The number of phenols is 1. The molecule has 0 radical (unpaired) electrons. The summed E-state index contributed by atoms with van der Waals surface area (Å²) in [6.07, 6.45) is 2.95. The fourth-order valence-corrected chi connectivity index (χ4v) is 5.73. The number of aromatic nitrogens is 3. The molecule has 0 spiro atoms. The lowest BCUT2D eigenvalue weighted by Crippen LogP contribution is -2.14. The van der Waals surface area contributed by atoms with Crippen LogP contribution in [0.3, 0.4) is 0 Å². The van der Waals surface area contributed by atoms with Gasteiger partial charge in [0.2, 0.25) is 0 Å². The second-order valence-electron chi connectivity index (χ2n) is 8.93. The molecule has 0 saturated heterocycles. The van der Waals surface area contributed by atoms with Gasteiger partial charge in [0.05, 0.1) is 11.4 Å². The van der Waals surface area contributed by atoms with Gasteiger partial charge in [-0.15, -0.1) is 15.0 Å². The van der Waals surface area contributed by atoms with Crippen LogP contribution < -0.4 is 4.90 Å². The predicted octanol–water partition coefficient (Wildman–Crippen LogP) is 7.71. The minimum atomic E-state index is 0.264. The van der Waals surface area contributed by atoms with E-state index in [1.165, 1.54) is 9.79 Å².